The van der Waals surface area contributed by atoms with Gasteiger partial charge in [0.05, 0.1) is 11.2 Å². The molecular weight excluding hydrogens is 422 g/mol. The van der Waals surface area contributed by atoms with Gasteiger partial charge in [0.1, 0.15) is 6.04 Å². The highest BCUT2D eigenvalue weighted by Crippen LogP contribution is 2.29. The van der Waals surface area contributed by atoms with Gasteiger partial charge < -0.3 is 14.2 Å². The third-order valence-electron chi connectivity index (χ3n) is 5.63. The Morgan fingerprint density at radius 1 is 1.00 bits per heavy atom. The van der Waals surface area contributed by atoms with Crippen molar-refractivity contribution in [3.05, 3.63) is 54.0 Å². The summed E-state index contributed by atoms with van der Waals surface area (Å²) in [5, 5.41) is 0. The summed E-state index contributed by atoms with van der Waals surface area (Å²) in [6.07, 6.45) is 1.57. The van der Waals surface area contributed by atoms with Gasteiger partial charge in [-0.05, 0) is 37.6 Å². The van der Waals surface area contributed by atoms with E-state index in [2.05, 4.69) is 0 Å². The maximum absolute atomic E-state index is 13.1. The van der Waals surface area contributed by atoms with E-state index < -0.39 is 27.9 Å². The summed E-state index contributed by atoms with van der Waals surface area (Å²) >= 11 is 0. The van der Waals surface area contributed by atoms with E-state index in [4.69, 9.17) is 4.42 Å². The van der Waals surface area contributed by atoms with E-state index in [0.717, 1.165) is 9.87 Å². The van der Waals surface area contributed by atoms with Crippen molar-refractivity contribution in [2.75, 3.05) is 26.2 Å². The number of hydrogen-bond acceptors (Lipinski definition) is 6. The number of piperazine rings is 1. The molecule has 2 fully saturated rings. The summed E-state index contributed by atoms with van der Waals surface area (Å²) < 4.78 is 32.1. The average molecular weight is 445 g/mol. The first-order valence-corrected chi connectivity index (χ1v) is 11.5. The molecule has 1 aromatic heterocycles. The SMILES string of the molecule is Cc1ccc(S(=O)(=O)N2C(=O)CC[C@@H]2C(=O)N2CCN(C(=O)c3ccco3)CC2)cc1. The second kappa shape index (κ2) is 8.18. The Balaban J connectivity index is 1.47. The maximum Gasteiger partial charge on any atom is 0.289 e. The lowest BCUT2D eigenvalue weighted by Gasteiger charge is -2.36. The van der Waals surface area contributed by atoms with Crippen LogP contribution in [0.1, 0.15) is 29.0 Å². The molecule has 0 aliphatic carbocycles. The molecular formula is C21H23N3O6S. The molecule has 0 bridgehead atoms. The molecule has 9 nitrogen and oxygen atoms in total. The molecule has 3 amide bonds. The summed E-state index contributed by atoms with van der Waals surface area (Å²) in [5.74, 6) is -1.01. The lowest BCUT2D eigenvalue weighted by Crippen LogP contribution is -2.55. The molecule has 164 valence electrons. The quantitative estimate of drug-likeness (QED) is 0.701. The molecule has 0 N–H and O–H groups in total. The molecule has 2 aromatic rings. The minimum atomic E-state index is -4.13. The standard InChI is InChI=1S/C21H23N3O6S/c1-15-4-6-16(7-5-15)31(28,29)24-17(8-9-19(24)25)20(26)22-10-12-23(13-11-22)21(27)18-3-2-14-30-18/h2-7,14,17H,8-13H2,1H3/t17-/m1/s1. The fourth-order valence-corrected chi connectivity index (χ4v) is 5.50. The van der Waals surface area contributed by atoms with Crippen LogP contribution in [0.5, 0.6) is 0 Å². The minimum Gasteiger partial charge on any atom is -0.459 e. The fraction of sp³-hybridized carbons (Fsp3) is 0.381. The van der Waals surface area contributed by atoms with Gasteiger partial charge in [-0.15, -0.1) is 0 Å². The van der Waals surface area contributed by atoms with Crippen molar-refractivity contribution >= 4 is 27.7 Å². The Bertz CT molecular complexity index is 1090. The smallest absolute Gasteiger partial charge is 0.289 e. The summed E-state index contributed by atoms with van der Waals surface area (Å²) in [6.45, 7) is 2.95. The normalized spacial score (nSPS) is 19.7. The van der Waals surface area contributed by atoms with Crippen molar-refractivity contribution in [2.24, 2.45) is 0 Å². The third kappa shape index (κ3) is 3.95. The minimum absolute atomic E-state index is 0.00155. The number of aryl methyl sites for hydroxylation is 1. The zero-order valence-electron chi connectivity index (χ0n) is 17.1. The molecule has 31 heavy (non-hydrogen) atoms. The van der Waals surface area contributed by atoms with E-state index in [0.29, 0.717) is 13.1 Å². The van der Waals surface area contributed by atoms with E-state index in [1.165, 1.54) is 23.3 Å². The van der Waals surface area contributed by atoms with E-state index >= 15 is 0 Å². The number of benzene rings is 1. The molecule has 3 heterocycles. The summed E-state index contributed by atoms with van der Waals surface area (Å²) in [5.41, 5.74) is 0.890. The van der Waals surface area contributed by atoms with Crippen LogP contribution in [-0.4, -0.2) is 72.5 Å². The molecule has 0 saturated carbocycles. The Morgan fingerprint density at radius 2 is 1.65 bits per heavy atom. The first-order valence-electron chi connectivity index (χ1n) is 10.0. The molecule has 10 heteroatoms. The number of carbonyl (C=O) groups excluding carboxylic acids is 3. The number of amides is 3. The van der Waals surface area contributed by atoms with Crippen LogP contribution in [0.2, 0.25) is 0 Å². The molecule has 4 rings (SSSR count). The van der Waals surface area contributed by atoms with Gasteiger partial charge in [0.2, 0.25) is 11.8 Å². The molecule has 2 aliphatic heterocycles. The summed E-state index contributed by atoms with van der Waals surface area (Å²) in [6, 6.07) is 8.34. The van der Waals surface area contributed by atoms with Gasteiger partial charge in [-0.3, -0.25) is 14.4 Å². The Hall–Kier alpha value is -3.14. The van der Waals surface area contributed by atoms with Crippen LogP contribution in [0.3, 0.4) is 0 Å². The van der Waals surface area contributed by atoms with Gasteiger partial charge in [-0.2, -0.15) is 0 Å². The van der Waals surface area contributed by atoms with E-state index in [-0.39, 0.29) is 42.5 Å². The van der Waals surface area contributed by atoms with E-state index in [1.54, 1.807) is 29.2 Å². The Kier molecular flexibility index (Phi) is 5.57. The van der Waals surface area contributed by atoms with Gasteiger partial charge in [-0.25, -0.2) is 12.7 Å². The van der Waals surface area contributed by atoms with Gasteiger partial charge in [0.25, 0.3) is 15.9 Å². The first kappa shape index (κ1) is 21.1. The molecule has 0 radical (unpaired) electrons. The monoisotopic (exact) mass is 445 g/mol. The van der Waals surface area contributed by atoms with Crippen molar-refractivity contribution in [3.8, 4) is 0 Å². The highest BCUT2D eigenvalue weighted by Gasteiger charge is 2.46. The van der Waals surface area contributed by atoms with Gasteiger partial charge in [-0.1, -0.05) is 17.7 Å². The number of hydrogen-bond donors (Lipinski definition) is 0. The van der Waals surface area contributed by atoms with Crippen LogP contribution >= 0.6 is 0 Å². The second-order valence-electron chi connectivity index (χ2n) is 7.66. The third-order valence-corrected chi connectivity index (χ3v) is 7.48. The number of nitrogens with zero attached hydrogens (tertiary/aromatic N) is 3. The van der Waals surface area contributed by atoms with Crippen molar-refractivity contribution in [2.45, 2.75) is 30.7 Å². The lowest BCUT2D eigenvalue weighted by molar-refractivity contribution is -0.139. The lowest BCUT2D eigenvalue weighted by atomic mass is 10.2. The first-order chi connectivity index (χ1) is 14.8. The highest BCUT2D eigenvalue weighted by molar-refractivity contribution is 7.89. The second-order valence-corrected chi connectivity index (χ2v) is 9.47. The van der Waals surface area contributed by atoms with Crippen LogP contribution in [0, 0.1) is 6.92 Å². The topological polar surface area (TPSA) is 108 Å². The van der Waals surface area contributed by atoms with Gasteiger partial charge >= 0.3 is 0 Å². The molecule has 1 aromatic carbocycles. The largest absolute Gasteiger partial charge is 0.459 e. The van der Waals surface area contributed by atoms with Gasteiger partial charge in [0, 0.05) is 32.6 Å². The van der Waals surface area contributed by atoms with E-state index in [1.807, 2.05) is 6.92 Å². The van der Waals surface area contributed by atoms with Gasteiger partial charge in [0.15, 0.2) is 5.76 Å². The Morgan fingerprint density at radius 3 is 2.26 bits per heavy atom. The molecule has 0 unspecified atom stereocenters. The predicted octanol–water partition coefficient (Wildman–Crippen LogP) is 1.25. The highest BCUT2D eigenvalue weighted by atomic mass is 32.2. The van der Waals surface area contributed by atoms with Crippen LogP contribution < -0.4 is 0 Å². The van der Waals surface area contributed by atoms with Crippen LogP contribution in [0.15, 0.2) is 52.0 Å². The van der Waals surface area contributed by atoms with Crippen molar-refractivity contribution in [1.29, 1.82) is 0 Å². The maximum atomic E-state index is 13.1. The van der Waals surface area contributed by atoms with Crippen LogP contribution in [-0.2, 0) is 19.6 Å². The molecule has 2 saturated heterocycles. The number of rotatable bonds is 4. The molecule has 1 atom stereocenters. The molecule has 2 aliphatic rings. The zero-order valence-corrected chi connectivity index (χ0v) is 17.9. The summed E-state index contributed by atoms with van der Waals surface area (Å²) in [7, 11) is -4.13. The predicted molar refractivity (Wildman–Crippen MR) is 109 cm³/mol. The van der Waals surface area contributed by atoms with Crippen LogP contribution in [0.25, 0.3) is 0 Å². The number of sulfonamides is 1. The summed E-state index contributed by atoms with van der Waals surface area (Å²) in [4.78, 5) is 41.1. The van der Waals surface area contributed by atoms with E-state index in [9.17, 15) is 22.8 Å². The van der Waals surface area contributed by atoms with Crippen molar-refractivity contribution in [1.82, 2.24) is 14.1 Å². The average Bonchev–Trinajstić information content (AvgIpc) is 3.43. The van der Waals surface area contributed by atoms with Crippen molar-refractivity contribution in [3.63, 3.8) is 0 Å². The number of furan rings is 1. The van der Waals surface area contributed by atoms with Crippen LogP contribution in [0.4, 0.5) is 0 Å². The zero-order chi connectivity index (χ0) is 22.2. The number of carbonyl (C=O) groups is 3. The fourth-order valence-electron chi connectivity index (χ4n) is 3.91. The molecule has 0 spiro atoms. The Labute approximate surface area is 180 Å². The van der Waals surface area contributed by atoms with Crippen molar-refractivity contribution < 1.29 is 27.2 Å².